The van der Waals surface area contributed by atoms with Crippen LogP contribution in [-0.4, -0.2) is 87.5 Å². The fourth-order valence-electron chi connectivity index (χ4n) is 4.40. The zero-order chi connectivity index (χ0) is 23.1. The molecule has 9 heteroatoms. The highest BCUT2D eigenvalue weighted by Crippen LogP contribution is 2.37. The number of carbonyl (C=O) groups is 1. The Bertz CT molecular complexity index is 1010. The molecule has 3 heterocycles. The van der Waals surface area contributed by atoms with Gasteiger partial charge < -0.3 is 24.0 Å². The number of anilines is 1. The molecule has 2 aromatic rings. The average molecular weight is 443 g/mol. The molecule has 0 aliphatic carbocycles. The third-order valence-corrected chi connectivity index (χ3v) is 6.24. The summed E-state index contributed by atoms with van der Waals surface area (Å²) in [5.74, 6) is 2.54. The molecule has 32 heavy (non-hydrogen) atoms. The molecule has 1 amide bonds. The van der Waals surface area contributed by atoms with Gasteiger partial charge in [-0.2, -0.15) is 4.98 Å². The van der Waals surface area contributed by atoms with Crippen molar-refractivity contribution in [1.29, 1.82) is 0 Å². The number of fused-ring (bicyclic) bond motifs is 1. The molecule has 2 radical (unpaired) electrons. The van der Waals surface area contributed by atoms with Gasteiger partial charge >= 0.3 is 0 Å². The second kappa shape index (κ2) is 8.37. The van der Waals surface area contributed by atoms with E-state index in [-0.39, 0.29) is 10.4 Å². The van der Waals surface area contributed by atoms with E-state index in [1.807, 2.05) is 38.1 Å². The molecule has 0 spiro atoms. The van der Waals surface area contributed by atoms with E-state index in [4.69, 9.17) is 31.2 Å². The maximum atomic E-state index is 13.0. The lowest BCUT2D eigenvalue weighted by Crippen LogP contribution is -2.55. The Balaban J connectivity index is 1.63. The van der Waals surface area contributed by atoms with E-state index >= 15 is 0 Å². The summed E-state index contributed by atoms with van der Waals surface area (Å²) in [6.45, 7) is 5.02. The van der Waals surface area contributed by atoms with Crippen molar-refractivity contribution >= 4 is 28.6 Å². The van der Waals surface area contributed by atoms with Crippen LogP contribution >= 0.6 is 0 Å². The topological polar surface area (TPSA) is 77.0 Å². The van der Waals surface area contributed by atoms with Crippen LogP contribution in [0, 0.1) is 7.05 Å². The van der Waals surface area contributed by atoms with Crippen molar-refractivity contribution in [1.82, 2.24) is 19.4 Å². The quantitative estimate of drug-likeness (QED) is 0.657. The van der Waals surface area contributed by atoms with Gasteiger partial charge in [-0.05, 0) is 19.8 Å². The molecule has 1 unspecified atom stereocenters. The van der Waals surface area contributed by atoms with Crippen LogP contribution in [0.5, 0.6) is 11.5 Å². The molecule has 2 aliphatic rings. The molecule has 1 aromatic carbocycles. The molecular formula is C23H32N5O4+. The number of carbonyl (C=O) groups excluding carboxylic acids is 1. The summed E-state index contributed by atoms with van der Waals surface area (Å²) in [7, 11) is 13.3. The Kier molecular flexibility index (Phi) is 5.89. The predicted molar refractivity (Wildman–Crippen MR) is 123 cm³/mol. The lowest BCUT2D eigenvalue weighted by molar-refractivity contribution is -0.151. The van der Waals surface area contributed by atoms with Crippen LogP contribution in [0.2, 0.25) is 0 Å². The monoisotopic (exact) mass is 442 g/mol. The van der Waals surface area contributed by atoms with E-state index < -0.39 is 5.60 Å². The van der Waals surface area contributed by atoms with Gasteiger partial charge in [-0.15, -0.1) is 0 Å². The summed E-state index contributed by atoms with van der Waals surface area (Å²) < 4.78 is 16.7. The van der Waals surface area contributed by atoms with Crippen molar-refractivity contribution in [2.24, 2.45) is 0 Å². The van der Waals surface area contributed by atoms with Crippen LogP contribution < -0.4 is 18.9 Å². The predicted octanol–water partition coefficient (Wildman–Crippen LogP) is 2.10. The van der Waals surface area contributed by atoms with Crippen molar-refractivity contribution in [3.8, 4) is 11.5 Å². The Morgan fingerprint density at radius 3 is 2.34 bits per heavy atom. The SMILES string of the molecule is [CH][N+](C)(C)c1nc(N2CCN(C(=O)C3(C)CCCO3)CC2)nc2cc(OC)c(OC)cc12. The summed E-state index contributed by atoms with van der Waals surface area (Å²) in [5, 5.41) is 0.805. The first kappa shape index (κ1) is 22.5. The number of hydrogen-bond acceptors (Lipinski definition) is 7. The van der Waals surface area contributed by atoms with Gasteiger partial charge in [0.05, 0.1) is 39.2 Å². The van der Waals surface area contributed by atoms with Gasteiger partial charge in [0.1, 0.15) is 5.60 Å². The van der Waals surface area contributed by atoms with E-state index in [1.54, 1.807) is 14.2 Å². The molecule has 0 N–H and O–H groups in total. The molecule has 1 aromatic heterocycles. The highest BCUT2D eigenvalue weighted by molar-refractivity contribution is 5.92. The van der Waals surface area contributed by atoms with E-state index in [0.29, 0.717) is 56.1 Å². The lowest BCUT2D eigenvalue weighted by Gasteiger charge is -2.38. The first-order valence-electron chi connectivity index (χ1n) is 10.9. The van der Waals surface area contributed by atoms with Crippen molar-refractivity contribution < 1.29 is 19.0 Å². The second-order valence-corrected chi connectivity index (χ2v) is 9.07. The van der Waals surface area contributed by atoms with Crippen LogP contribution in [0.15, 0.2) is 12.1 Å². The average Bonchev–Trinajstić information content (AvgIpc) is 3.23. The number of ether oxygens (including phenoxy) is 3. The summed E-state index contributed by atoms with van der Waals surface area (Å²) in [6.07, 6.45) is 1.70. The van der Waals surface area contributed by atoms with Crippen LogP contribution in [0.4, 0.5) is 11.8 Å². The maximum Gasteiger partial charge on any atom is 0.254 e. The highest BCUT2D eigenvalue weighted by Gasteiger charge is 2.41. The molecule has 9 nitrogen and oxygen atoms in total. The number of amides is 1. The summed E-state index contributed by atoms with van der Waals surface area (Å²) in [5.41, 5.74) is 0.0375. The first-order valence-corrected chi connectivity index (χ1v) is 10.9. The normalized spacial score (nSPS) is 21.8. The molecule has 0 bridgehead atoms. The molecule has 172 valence electrons. The van der Waals surface area contributed by atoms with E-state index in [2.05, 4.69) is 4.90 Å². The van der Waals surface area contributed by atoms with E-state index in [0.717, 1.165) is 23.7 Å². The number of benzene rings is 1. The van der Waals surface area contributed by atoms with Gasteiger partial charge in [0.25, 0.3) is 5.91 Å². The van der Waals surface area contributed by atoms with Gasteiger partial charge in [-0.3, -0.25) is 9.28 Å². The largest absolute Gasteiger partial charge is 0.493 e. The minimum absolute atomic E-state index is 0.0373. The fourth-order valence-corrected chi connectivity index (χ4v) is 4.40. The number of methoxy groups -OCH3 is 2. The van der Waals surface area contributed by atoms with Crippen molar-refractivity contribution in [3.63, 3.8) is 0 Å². The third-order valence-electron chi connectivity index (χ3n) is 6.24. The minimum Gasteiger partial charge on any atom is -0.493 e. The molecule has 2 fully saturated rings. The molecule has 2 aliphatic heterocycles. The van der Waals surface area contributed by atoms with Gasteiger partial charge in [-0.1, -0.05) is 0 Å². The molecular weight excluding hydrogens is 410 g/mol. The fraction of sp³-hybridized carbons (Fsp3) is 0.565. The summed E-state index contributed by atoms with van der Waals surface area (Å²) >= 11 is 0. The lowest BCUT2D eigenvalue weighted by atomic mass is 10.0. The van der Waals surface area contributed by atoms with Crippen LogP contribution in [0.3, 0.4) is 0 Å². The third kappa shape index (κ3) is 4.06. The zero-order valence-corrected chi connectivity index (χ0v) is 19.6. The zero-order valence-electron chi connectivity index (χ0n) is 19.6. The number of aromatic nitrogens is 2. The van der Waals surface area contributed by atoms with Crippen molar-refractivity contribution in [2.75, 3.05) is 66.0 Å². The minimum atomic E-state index is -0.689. The van der Waals surface area contributed by atoms with Crippen LogP contribution in [0.25, 0.3) is 10.9 Å². The second-order valence-electron chi connectivity index (χ2n) is 9.07. The number of rotatable bonds is 5. The van der Waals surface area contributed by atoms with Gasteiger partial charge in [0.2, 0.25) is 18.8 Å². The number of nitrogens with zero attached hydrogens (tertiary/aromatic N) is 5. The standard InChI is InChI=1S/C23H32N5O4/c1-23(8-7-13-32-23)21(29)26-9-11-27(12-10-26)22-24-17-15-19(31-6)18(30-5)14-16(17)20(25-22)28(2,3)4/h2,14-15H,7-13H2,1,3-6H3/q+1. The number of hydrogen-bond donors (Lipinski definition) is 0. The number of quaternary nitrogens is 1. The molecule has 2 saturated heterocycles. The van der Waals surface area contributed by atoms with Gasteiger partial charge in [-0.25, -0.2) is 4.98 Å². The van der Waals surface area contributed by atoms with E-state index in [9.17, 15) is 4.79 Å². The van der Waals surface area contributed by atoms with Crippen LogP contribution in [0.1, 0.15) is 19.8 Å². The highest BCUT2D eigenvalue weighted by atomic mass is 16.5. The Morgan fingerprint density at radius 2 is 1.78 bits per heavy atom. The Hall–Kier alpha value is -2.65. The van der Waals surface area contributed by atoms with Crippen molar-refractivity contribution in [2.45, 2.75) is 25.4 Å². The first-order chi connectivity index (χ1) is 15.2. The molecule has 0 saturated carbocycles. The van der Waals surface area contributed by atoms with E-state index in [1.165, 1.54) is 0 Å². The van der Waals surface area contributed by atoms with Crippen molar-refractivity contribution in [3.05, 3.63) is 19.2 Å². The molecule has 4 rings (SSSR count). The molecule has 1 atom stereocenters. The van der Waals surface area contributed by atoms with Gasteiger partial charge in [0.15, 0.2) is 11.5 Å². The van der Waals surface area contributed by atoms with Crippen LogP contribution in [-0.2, 0) is 9.53 Å². The summed E-state index contributed by atoms with van der Waals surface area (Å²) in [6, 6.07) is 3.70. The number of piperazine rings is 1. The summed E-state index contributed by atoms with van der Waals surface area (Å²) in [4.78, 5) is 26.6. The van der Waals surface area contributed by atoms with Gasteiger partial charge in [0, 0.05) is 44.9 Å². The Morgan fingerprint density at radius 1 is 1.12 bits per heavy atom. The smallest absolute Gasteiger partial charge is 0.254 e. The Labute approximate surface area is 189 Å². The maximum absolute atomic E-state index is 13.0.